The van der Waals surface area contributed by atoms with E-state index in [1.165, 1.54) is 17.8 Å². The van der Waals surface area contributed by atoms with Gasteiger partial charge in [-0.25, -0.2) is 0 Å². The Labute approximate surface area is 178 Å². The summed E-state index contributed by atoms with van der Waals surface area (Å²) in [5.41, 5.74) is -1.03. The molecule has 1 saturated heterocycles. The van der Waals surface area contributed by atoms with Crippen molar-refractivity contribution in [1.29, 1.82) is 0 Å². The molecule has 0 unspecified atom stereocenters. The summed E-state index contributed by atoms with van der Waals surface area (Å²) < 4.78 is 41.2. The number of piperidine rings is 1. The van der Waals surface area contributed by atoms with Crippen LogP contribution in [0.15, 0.2) is 17.0 Å². The molecule has 4 rings (SSSR count). The second-order valence-electron chi connectivity index (χ2n) is 8.60. The summed E-state index contributed by atoms with van der Waals surface area (Å²) in [6.45, 7) is 5.03. The largest absolute Gasteiger partial charge is 0.417 e. The van der Waals surface area contributed by atoms with Gasteiger partial charge in [0.05, 0.1) is 21.6 Å². The zero-order chi connectivity index (χ0) is 21.7. The first-order valence-electron chi connectivity index (χ1n) is 10.4. The van der Waals surface area contributed by atoms with Gasteiger partial charge in [-0.05, 0) is 64.6 Å². The van der Waals surface area contributed by atoms with E-state index < -0.39 is 28.0 Å². The van der Waals surface area contributed by atoms with E-state index in [0.29, 0.717) is 30.0 Å². The Bertz CT molecular complexity index is 862. The third-order valence-corrected chi connectivity index (χ3v) is 7.78. The van der Waals surface area contributed by atoms with Gasteiger partial charge in [0.2, 0.25) is 5.91 Å². The molecule has 2 N–H and O–H groups in total. The van der Waals surface area contributed by atoms with Crippen LogP contribution in [-0.2, 0) is 11.0 Å². The fourth-order valence-electron chi connectivity index (χ4n) is 4.53. The van der Waals surface area contributed by atoms with Crippen molar-refractivity contribution >= 4 is 29.3 Å². The van der Waals surface area contributed by atoms with Gasteiger partial charge in [-0.15, -0.1) is 11.8 Å². The smallest absolute Gasteiger partial charge is 0.332 e. The summed E-state index contributed by atoms with van der Waals surface area (Å²) in [6.07, 6.45) is -0.856. The minimum atomic E-state index is -4.66. The molecule has 1 aromatic rings. The average molecular weight is 442 g/mol. The molecular weight excluding hydrogens is 415 g/mol. The lowest BCUT2D eigenvalue weighted by molar-refractivity contribution is -0.138. The van der Waals surface area contributed by atoms with Crippen LogP contribution >= 0.6 is 11.8 Å². The number of amides is 2. The maximum Gasteiger partial charge on any atom is 0.417 e. The molecule has 1 atom stereocenters. The number of nitrogens with zero attached hydrogens (tertiary/aromatic N) is 1. The molecule has 3 aliphatic rings. The van der Waals surface area contributed by atoms with Gasteiger partial charge < -0.3 is 15.5 Å². The molecule has 164 valence electrons. The van der Waals surface area contributed by atoms with E-state index in [0.717, 1.165) is 31.9 Å². The van der Waals surface area contributed by atoms with Crippen LogP contribution in [0.5, 0.6) is 0 Å². The van der Waals surface area contributed by atoms with Crippen LogP contribution in [0.3, 0.4) is 0 Å². The highest BCUT2D eigenvalue weighted by atomic mass is 32.2. The van der Waals surface area contributed by atoms with E-state index in [4.69, 9.17) is 0 Å². The van der Waals surface area contributed by atoms with Crippen LogP contribution in [0.2, 0.25) is 0 Å². The standard InChI is InChI=1S/C21H26F3N3O2S/c1-12(2)27(13-5-3-8-25-11-13)18(28)14-9-16-17(10-15(14)21(22,23)24)30-20(6-4-7-20)19(29)26-16/h9-10,12-13,25H,3-8,11H2,1-2H3,(H,26,29)/t13-/m1/s1. The minimum absolute atomic E-state index is 0.162. The first-order valence-corrected chi connectivity index (χ1v) is 11.2. The first kappa shape index (κ1) is 21.5. The van der Waals surface area contributed by atoms with E-state index in [1.54, 1.807) is 4.90 Å². The second kappa shape index (κ2) is 7.75. The Hall–Kier alpha value is -1.74. The maximum absolute atomic E-state index is 14.0. The summed E-state index contributed by atoms with van der Waals surface area (Å²) in [5, 5.41) is 5.99. The molecule has 9 heteroatoms. The molecule has 30 heavy (non-hydrogen) atoms. The molecule has 0 aromatic heterocycles. The van der Waals surface area contributed by atoms with Crippen molar-refractivity contribution in [3.63, 3.8) is 0 Å². The van der Waals surface area contributed by atoms with E-state index >= 15 is 0 Å². The van der Waals surface area contributed by atoms with E-state index in [2.05, 4.69) is 10.6 Å². The Morgan fingerprint density at radius 1 is 1.27 bits per heavy atom. The molecule has 1 aromatic carbocycles. The minimum Gasteiger partial charge on any atom is -0.332 e. The van der Waals surface area contributed by atoms with Gasteiger partial charge in [-0.3, -0.25) is 9.59 Å². The van der Waals surface area contributed by atoms with E-state index in [9.17, 15) is 22.8 Å². The monoisotopic (exact) mass is 441 g/mol. The molecule has 1 spiro atoms. The number of alkyl halides is 3. The molecule has 2 fully saturated rings. The zero-order valence-electron chi connectivity index (χ0n) is 17.1. The Kier molecular flexibility index (Phi) is 5.55. The van der Waals surface area contributed by atoms with Gasteiger partial charge in [0, 0.05) is 23.5 Å². The lowest BCUT2D eigenvalue weighted by Gasteiger charge is -2.43. The van der Waals surface area contributed by atoms with Crippen molar-refractivity contribution in [2.24, 2.45) is 0 Å². The van der Waals surface area contributed by atoms with Gasteiger partial charge in [0.1, 0.15) is 0 Å². The number of nitrogens with one attached hydrogen (secondary N) is 2. The number of halogens is 3. The van der Waals surface area contributed by atoms with Crippen LogP contribution in [-0.4, -0.2) is 46.6 Å². The van der Waals surface area contributed by atoms with Gasteiger partial charge in [0.25, 0.3) is 5.91 Å². The highest BCUT2D eigenvalue weighted by Crippen LogP contribution is 2.54. The third kappa shape index (κ3) is 3.70. The zero-order valence-corrected chi connectivity index (χ0v) is 17.9. The lowest BCUT2D eigenvalue weighted by Crippen LogP contribution is -2.52. The molecule has 2 amide bonds. The van der Waals surface area contributed by atoms with Gasteiger partial charge in [0.15, 0.2) is 0 Å². The van der Waals surface area contributed by atoms with Crippen molar-refractivity contribution < 1.29 is 22.8 Å². The van der Waals surface area contributed by atoms with Gasteiger partial charge in [-0.2, -0.15) is 13.2 Å². The van der Waals surface area contributed by atoms with Crippen molar-refractivity contribution in [1.82, 2.24) is 10.2 Å². The number of anilines is 1. The fraction of sp³-hybridized carbons (Fsp3) is 0.619. The SMILES string of the molecule is CC(C)N(C(=O)c1cc2c(cc1C(F)(F)F)SC1(CCC1)C(=O)N2)[C@@H]1CCCNC1. The van der Waals surface area contributed by atoms with Crippen molar-refractivity contribution in [2.45, 2.75) is 73.9 Å². The molecule has 2 aliphatic heterocycles. The van der Waals surface area contributed by atoms with Crippen LogP contribution in [0, 0.1) is 0 Å². The second-order valence-corrected chi connectivity index (χ2v) is 10.0. The highest BCUT2D eigenvalue weighted by Gasteiger charge is 2.49. The van der Waals surface area contributed by atoms with E-state index in [-0.39, 0.29) is 18.0 Å². The summed E-state index contributed by atoms with van der Waals surface area (Å²) in [4.78, 5) is 27.9. The number of carbonyl (C=O) groups excluding carboxylic acids is 2. The van der Waals surface area contributed by atoms with Crippen LogP contribution in [0.4, 0.5) is 18.9 Å². The number of rotatable bonds is 3. The topological polar surface area (TPSA) is 61.4 Å². The number of hydrogen-bond donors (Lipinski definition) is 2. The van der Waals surface area contributed by atoms with E-state index in [1.807, 2.05) is 13.8 Å². The molecule has 5 nitrogen and oxygen atoms in total. The molecule has 2 heterocycles. The molecule has 1 aliphatic carbocycles. The number of thioether (sulfide) groups is 1. The maximum atomic E-state index is 14.0. The van der Waals surface area contributed by atoms with Crippen molar-refractivity contribution in [3.8, 4) is 0 Å². The number of benzene rings is 1. The van der Waals surface area contributed by atoms with Crippen molar-refractivity contribution in [2.75, 3.05) is 18.4 Å². The van der Waals surface area contributed by atoms with Gasteiger partial charge >= 0.3 is 6.18 Å². The predicted molar refractivity (Wildman–Crippen MR) is 110 cm³/mol. The Balaban J connectivity index is 1.75. The number of hydrogen-bond acceptors (Lipinski definition) is 4. The molecule has 1 saturated carbocycles. The fourth-order valence-corrected chi connectivity index (χ4v) is 5.98. The highest BCUT2D eigenvalue weighted by molar-refractivity contribution is 8.01. The quantitative estimate of drug-likeness (QED) is 0.735. The number of fused-ring (bicyclic) bond motifs is 1. The predicted octanol–water partition coefficient (Wildman–Crippen LogP) is 4.27. The molecule has 0 radical (unpaired) electrons. The Morgan fingerprint density at radius 3 is 2.53 bits per heavy atom. The van der Waals surface area contributed by atoms with Crippen LogP contribution in [0.25, 0.3) is 0 Å². The summed E-state index contributed by atoms with van der Waals surface area (Å²) in [6, 6.07) is 1.86. The summed E-state index contributed by atoms with van der Waals surface area (Å²) in [7, 11) is 0. The van der Waals surface area contributed by atoms with Crippen LogP contribution < -0.4 is 10.6 Å². The summed E-state index contributed by atoms with van der Waals surface area (Å²) in [5.74, 6) is -0.821. The first-order chi connectivity index (χ1) is 14.1. The van der Waals surface area contributed by atoms with Crippen LogP contribution in [0.1, 0.15) is 61.9 Å². The third-order valence-electron chi connectivity index (χ3n) is 6.24. The normalized spacial score (nSPS) is 23.0. The average Bonchev–Trinajstić information content (AvgIpc) is 2.65. The lowest BCUT2D eigenvalue weighted by atomic mass is 9.83. The molecule has 0 bridgehead atoms. The molecular formula is C21H26F3N3O2S. The Morgan fingerprint density at radius 2 is 2.00 bits per heavy atom. The van der Waals surface area contributed by atoms with Crippen molar-refractivity contribution in [3.05, 3.63) is 23.3 Å². The summed E-state index contributed by atoms with van der Waals surface area (Å²) >= 11 is 1.20. The van der Waals surface area contributed by atoms with Gasteiger partial charge in [-0.1, -0.05) is 0 Å². The number of carbonyl (C=O) groups is 2.